The highest BCUT2D eigenvalue weighted by Gasteiger charge is 1.99. The first-order valence-electron chi connectivity index (χ1n) is 8.95. The van der Waals surface area contributed by atoms with E-state index in [1.807, 2.05) is 0 Å². The standard InChI is InChI=1S/C18H36O3/c1-3-21-17-15-13-11-9-7-5-4-6-8-10-12-14-16-18(19)20-2/h3-17H2,1-2H3. The second kappa shape index (κ2) is 17.5. The summed E-state index contributed by atoms with van der Waals surface area (Å²) in [5.41, 5.74) is 0. The molecule has 0 saturated carbocycles. The zero-order valence-corrected chi connectivity index (χ0v) is 14.3. The maximum atomic E-state index is 10.9. The van der Waals surface area contributed by atoms with E-state index in [0.717, 1.165) is 26.1 Å². The molecule has 0 aromatic heterocycles. The van der Waals surface area contributed by atoms with Crippen LogP contribution in [0.15, 0.2) is 0 Å². The van der Waals surface area contributed by atoms with Crippen molar-refractivity contribution in [1.29, 1.82) is 0 Å². The molecule has 3 heteroatoms. The molecular formula is C18H36O3. The molecule has 0 radical (unpaired) electrons. The summed E-state index contributed by atoms with van der Waals surface area (Å²) in [5.74, 6) is -0.0729. The van der Waals surface area contributed by atoms with Crippen molar-refractivity contribution in [1.82, 2.24) is 0 Å². The van der Waals surface area contributed by atoms with E-state index in [4.69, 9.17) is 4.74 Å². The Kier molecular flexibility index (Phi) is 17.0. The molecule has 0 heterocycles. The maximum Gasteiger partial charge on any atom is 0.305 e. The molecule has 0 saturated heterocycles. The van der Waals surface area contributed by atoms with Crippen LogP contribution in [-0.2, 0) is 14.3 Å². The summed E-state index contributed by atoms with van der Waals surface area (Å²) >= 11 is 0. The van der Waals surface area contributed by atoms with Crippen LogP contribution in [0.4, 0.5) is 0 Å². The molecule has 0 bridgehead atoms. The van der Waals surface area contributed by atoms with Gasteiger partial charge in [0.15, 0.2) is 0 Å². The molecule has 3 nitrogen and oxygen atoms in total. The average molecular weight is 300 g/mol. The fourth-order valence-corrected chi connectivity index (χ4v) is 2.49. The van der Waals surface area contributed by atoms with Gasteiger partial charge in [0.2, 0.25) is 0 Å². The van der Waals surface area contributed by atoms with Gasteiger partial charge < -0.3 is 9.47 Å². The Morgan fingerprint density at radius 2 is 1.14 bits per heavy atom. The van der Waals surface area contributed by atoms with Gasteiger partial charge in [0, 0.05) is 19.6 Å². The Morgan fingerprint density at radius 1 is 0.714 bits per heavy atom. The van der Waals surface area contributed by atoms with Crippen LogP contribution >= 0.6 is 0 Å². The molecule has 0 aliphatic carbocycles. The number of carbonyl (C=O) groups is 1. The van der Waals surface area contributed by atoms with Gasteiger partial charge in [0.05, 0.1) is 7.11 Å². The lowest BCUT2D eigenvalue weighted by atomic mass is 10.0. The number of carbonyl (C=O) groups excluding carboxylic acids is 1. The second-order valence-corrected chi connectivity index (χ2v) is 5.77. The quantitative estimate of drug-likeness (QED) is 0.288. The molecule has 0 fully saturated rings. The van der Waals surface area contributed by atoms with Gasteiger partial charge in [0.25, 0.3) is 0 Å². The van der Waals surface area contributed by atoms with Crippen molar-refractivity contribution in [2.75, 3.05) is 20.3 Å². The number of hydrogen-bond acceptors (Lipinski definition) is 3. The molecule has 0 aromatic carbocycles. The number of methoxy groups -OCH3 is 1. The molecule has 21 heavy (non-hydrogen) atoms. The molecule has 0 unspecified atom stereocenters. The Bertz CT molecular complexity index is 217. The normalized spacial score (nSPS) is 10.8. The average Bonchev–Trinajstić information content (AvgIpc) is 2.50. The zero-order chi connectivity index (χ0) is 15.6. The summed E-state index contributed by atoms with van der Waals surface area (Å²) in [4.78, 5) is 10.9. The van der Waals surface area contributed by atoms with Crippen LogP contribution in [0, 0.1) is 0 Å². The van der Waals surface area contributed by atoms with E-state index >= 15 is 0 Å². The monoisotopic (exact) mass is 300 g/mol. The fourth-order valence-electron chi connectivity index (χ4n) is 2.49. The highest BCUT2D eigenvalue weighted by Crippen LogP contribution is 2.12. The number of rotatable bonds is 16. The third-order valence-electron chi connectivity index (χ3n) is 3.85. The first-order chi connectivity index (χ1) is 10.3. The molecule has 0 aromatic rings. The second-order valence-electron chi connectivity index (χ2n) is 5.77. The summed E-state index contributed by atoms with van der Waals surface area (Å²) in [5, 5.41) is 0. The van der Waals surface area contributed by atoms with Crippen LogP contribution in [-0.4, -0.2) is 26.3 Å². The molecule has 0 rings (SSSR count). The lowest BCUT2D eigenvalue weighted by molar-refractivity contribution is -0.140. The van der Waals surface area contributed by atoms with Gasteiger partial charge in [-0.25, -0.2) is 0 Å². The predicted octanol–water partition coefficient (Wildman–Crippen LogP) is 5.27. The van der Waals surface area contributed by atoms with E-state index in [0.29, 0.717) is 6.42 Å². The SMILES string of the molecule is CCOCCCCCCCCCCCCCCC(=O)OC. The number of ether oxygens (including phenoxy) is 2. The van der Waals surface area contributed by atoms with E-state index in [-0.39, 0.29) is 5.97 Å². The number of unbranched alkanes of at least 4 members (excludes halogenated alkanes) is 11. The van der Waals surface area contributed by atoms with Gasteiger partial charge in [-0.2, -0.15) is 0 Å². The van der Waals surface area contributed by atoms with Crippen molar-refractivity contribution < 1.29 is 14.3 Å². The van der Waals surface area contributed by atoms with E-state index in [1.165, 1.54) is 71.3 Å². The minimum Gasteiger partial charge on any atom is -0.469 e. The Morgan fingerprint density at radius 3 is 1.57 bits per heavy atom. The van der Waals surface area contributed by atoms with Crippen molar-refractivity contribution >= 4 is 5.97 Å². The Hall–Kier alpha value is -0.570. The van der Waals surface area contributed by atoms with E-state index in [1.54, 1.807) is 0 Å². The molecule has 0 spiro atoms. The molecule has 0 atom stereocenters. The summed E-state index contributed by atoms with van der Waals surface area (Å²) in [6.45, 7) is 3.84. The third-order valence-corrected chi connectivity index (χ3v) is 3.85. The predicted molar refractivity (Wildman–Crippen MR) is 88.5 cm³/mol. The summed E-state index contributed by atoms with van der Waals surface area (Å²) in [6.07, 6.45) is 16.1. The molecule has 0 N–H and O–H groups in total. The topological polar surface area (TPSA) is 35.5 Å². The van der Waals surface area contributed by atoms with Gasteiger partial charge in [-0.3, -0.25) is 4.79 Å². The first-order valence-corrected chi connectivity index (χ1v) is 8.95. The van der Waals surface area contributed by atoms with Gasteiger partial charge in [-0.15, -0.1) is 0 Å². The Balaban J connectivity index is 2.98. The minimum absolute atomic E-state index is 0.0729. The van der Waals surface area contributed by atoms with Gasteiger partial charge in [-0.05, 0) is 19.8 Å². The summed E-state index contributed by atoms with van der Waals surface area (Å²) in [7, 11) is 1.46. The van der Waals surface area contributed by atoms with E-state index in [2.05, 4.69) is 11.7 Å². The molecular weight excluding hydrogens is 264 g/mol. The van der Waals surface area contributed by atoms with Crippen LogP contribution < -0.4 is 0 Å². The summed E-state index contributed by atoms with van der Waals surface area (Å²) < 4.78 is 9.95. The molecule has 0 amide bonds. The lowest BCUT2D eigenvalue weighted by Crippen LogP contribution is -1.99. The molecule has 0 aliphatic heterocycles. The van der Waals surface area contributed by atoms with Crippen molar-refractivity contribution in [3.8, 4) is 0 Å². The highest BCUT2D eigenvalue weighted by molar-refractivity contribution is 5.68. The van der Waals surface area contributed by atoms with Crippen LogP contribution in [0.1, 0.15) is 90.4 Å². The molecule has 0 aliphatic rings. The van der Waals surface area contributed by atoms with Crippen molar-refractivity contribution in [2.24, 2.45) is 0 Å². The smallest absolute Gasteiger partial charge is 0.305 e. The van der Waals surface area contributed by atoms with Crippen molar-refractivity contribution in [2.45, 2.75) is 90.4 Å². The summed E-state index contributed by atoms with van der Waals surface area (Å²) in [6, 6.07) is 0. The third kappa shape index (κ3) is 17.4. The van der Waals surface area contributed by atoms with Gasteiger partial charge in [-0.1, -0.05) is 64.2 Å². The maximum absolute atomic E-state index is 10.9. The van der Waals surface area contributed by atoms with Crippen LogP contribution in [0.3, 0.4) is 0 Å². The highest BCUT2D eigenvalue weighted by atomic mass is 16.5. The fraction of sp³-hybridized carbons (Fsp3) is 0.944. The van der Waals surface area contributed by atoms with Crippen LogP contribution in [0.5, 0.6) is 0 Å². The van der Waals surface area contributed by atoms with Crippen LogP contribution in [0.25, 0.3) is 0 Å². The van der Waals surface area contributed by atoms with Crippen LogP contribution in [0.2, 0.25) is 0 Å². The first kappa shape index (κ1) is 20.4. The van der Waals surface area contributed by atoms with Gasteiger partial charge in [0.1, 0.15) is 0 Å². The van der Waals surface area contributed by atoms with Gasteiger partial charge >= 0.3 is 5.97 Å². The molecule has 126 valence electrons. The largest absolute Gasteiger partial charge is 0.469 e. The number of esters is 1. The van der Waals surface area contributed by atoms with E-state index < -0.39 is 0 Å². The number of hydrogen-bond donors (Lipinski definition) is 0. The Labute approximate surface area is 131 Å². The zero-order valence-electron chi connectivity index (χ0n) is 14.3. The van der Waals surface area contributed by atoms with Crippen molar-refractivity contribution in [3.05, 3.63) is 0 Å². The van der Waals surface area contributed by atoms with E-state index in [9.17, 15) is 4.79 Å². The lowest BCUT2D eigenvalue weighted by Gasteiger charge is -2.03. The minimum atomic E-state index is -0.0729. The van der Waals surface area contributed by atoms with Crippen molar-refractivity contribution in [3.63, 3.8) is 0 Å².